The molecular weight excluding hydrogens is 905 g/mol. The first-order chi connectivity index (χ1) is 34.9. The van der Waals surface area contributed by atoms with Gasteiger partial charge in [-0.2, -0.15) is 0 Å². The summed E-state index contributed by atoms with van der Waals surface area (Å²) in [6, 6.07) is 22.3. The van der Waals surface area contributed by atoms with Gasteiger partial charge in [-0.1, -0.05) is 126 Å². The highest BCUT2D eigenvalue weighted by Crippen LogP contribution is 2.77. The minimum absolute atomic E-state index is 0.194. The van der Waals surface area contributed by atoms with Gasteiger partial charge in [0, 0.05) is 24.3 Å². The molecule has 398 valence electrons. The van der Waals surface area contributed by atoms with E-state index in [9.17, 15) is 24.9 Å². The predicted octanol–water partition coefficient (Wildman–Crippen LogP) is 14.0. The Labute approximate surface area is 439 Å². The van der Waals surface area contributed by atoms with Crippen molar-refractivity contribution in [3.8, 4) is 0 Å². The third-order valence-corrected chi connectivity index (χ3v) is 24.0. The van der Waals surface area contributed by atoms with Gasteiger partial charge in [-0.05, 0) is 209 Å². The lowest BCUT2D eigenvalue weighted by atomic mass is 9.31. The number of rotatable bonds is 15. The number of fused-ring (bicyclic) bond motifs is 1. The highest BCUT2D eigenvalue weighted by Gasteiger charge is 2.82. The van der Waals surface area contributed by atoms with Crippen LogP contribution in [0.3, 0.4) is 0 Å². The molecule has 9 aliphatic rings. The molecule has 11 unspecified atom stereocenters. The van der Waals surface area contributed by atoms with Gasteiger partial charge in [-0.15, -0.1) is 0 Å². The molecular formula is C66H92O7. The number of aliphatic hydroxyl groups excluding tert-OH is 1. The van der Waals surface area contributed by atoms with Gasteiger partial charge in [0.15, 0.2) is 0 Å². The minimum Gasteiger partial charge on any atom is -0.462 e. The Morgan fingerprint density at radius 1 is 0.767 bits per heavy atom. The van der Waals surface area contributed by atoms with E-state index in [4.69, 9.17) is 9.47 Å². The zero-order valence-corrected chi connectivity index (χ0v) is 45.5. The fraction of sp³-hybridized carbons (Fsp3) is 0.727. The lowest BCUT2D eigenvalue weighted by molar-refractivity contribution is -0.362. The molecule has 2 bridgehead atoms. The van der Waals surface area contributed by atoms with Crippen LogP contribution >= 0.6 is 0 Å². The number of hydrogen-bond donors (Lipinski definition) is 3. The van der Waals surface area contributed by atoms with Crippen LogP contribution in [0.5, 0.6) is 0 Å². The number of hydrogen-bond acceptors (Lipinski definition) is 7. The predicted molar refractivity (Wildman–Crippen MR) is 288 cm³/mol. The average molecular weight is 997 g/mol. The zero-order chi connectivity index (χ0) is 51.0. The molecule has 0 radical (unpaired) electrons. The van der Waals surface area contributed by atoms with E-state index in [-0.39, 0.29) is 36.3 Å². The van der Waals surface area contributed by atoms with Crippen molar-refractivity contribution in [3.05, 3.63) is 95.6 Å². The summed E-state index contributed by atoms with van der Waals surface area (Å²) in [5.74, 6) is 0.109. The number of carbonyl (C=O) groups is 2. The molecule has 2 aromatic carbocycles. The van der Waals surface area contributed by atoms with E-state index < -0.39 is 45.6 Å². The summed E-state index contributed by atoms with van der Waals surface area (Å²) < 4.78 is 12.0. The number of carbonyl (C=O) groups excluding carboxylic acids is 2. The molecule has 0 aromatic heterocycles. The Hall–Kier alpha value is -3.26. The molecule has 7 fully saturated rings. The molecule has 7 heteroatoms. The first-order valence-electron chi connectivity index (χ1n) is 29.9. The van der Waals surface area contributed by atoms with Crippen molar-refractivity contribution in [1.29, 1.82) is 0 Å². The van der Waals surface area contributed by atoms with Crippen molar-refractivity contribution in [2.24, 2.45) is 56.2 Å². The second kappa shape index (κ2) is 19.3. The smallest absolute Gasteiger partial charge is 0.331 e. The van der Waals surface area contributed by atoms with E-state index in [0.717, 1.165) is 56.4 Å². The molecule has 0 saturated heterocycles. The number of ether oxygens (including phenoxy) is 2. The van der Waals surface area contributed by atoms with Crippen molar-refractivity contribution in [3.63, 3.8) is 0 Å². The monoisotopic (exact) mass is 997 g/mol. The number of benzene rings is 2. The molecule has 4 spiro atoms. The van der Waals surface area contributed by atoms with Crippen LogP contribution in [0.4, 0.5) is 0 Å². The summed E-state index contributed by atoms with van der Waals surface area (Å²) in [7, 11) is 0. The second-order valence-corrected chi connectivity index (χ2v) is 27.9. The maximum atomic E-state index is 14.3. The lowest BCUT2D eigenvalue weighted by Crippen LogP contribution is -2.83. The van der Waals surface area contributed by atoms with Gasteiger partial charge in [0.05, 0.1) is 22.7 Å². The van der Waals surface area contributed by atoms with Gasteiger partial charge in [0.25, 0.3) is 0 Å². The van der Waals surface area contributed by atoms with E-state index in [2.05, 4.69) is 81.4 Å². The third-order valence-electron chi connectivity index (χ3n) is 24.0. The highest BCUT2D eigenvalue weighted by atomic mass is 16.5. The van der Waals surface area contributed by atoms with Crippen LogP contribution in [0.15, 0.2) is 84.5 Å². The molecule has 0 amide bonds. The number of cyclic esters (lactones) is 1. The summed E-state index contributed by atoms with van der Waals surface area (Å²) >= 11 is 0. The van der Waals surface area contributed by atoms with Crippen molar-refractivity contribution < 1.29 is 34.4 Å². The highest BCUT2D eigenvalue weighted by molar-refractivity contribution is 5.85. The Morgan fingerprint density at radius 2 is 1.45 bits per heavy atom. The van der Waals surface area contributed by atoms with Crippen LogP contribution in [-0.2, 0) is 30.9 Å². The molecule has 7 nitrogen and oxygen atoms in total. The molecule has 1 aliphatic heterocycles. The summed E-state index contributed by atoms with van der Waals surface area (Å²) in [6.45, 7) is 8.47. The Balaban J connectivity index is 0.927. The van der Waals surface area contributed by atoms with Gasteiger partial charge < -0.3 is 24.8 Å². The van der Waals surface area contributed by atoms with E-state index >= 15 is 0 Å². The topological polar surface area (TPSA) is 113 Å². The molecule has 11 atom stereocenters. The first kappa shape index (κ1) is 51.8. The van der Waals surface area contributed by atoms with Crippen molar-refractivity contribution in [2.75, 3.05) is 6.61 Å². The second-order valence-electron chi connectivity index (χ2n) is 27.9. The van der Waals surface area contributed by atoms with Crippen molar-refractivity contribution in [2.45, 2.75) is 236 Å². The molecule has 3 N–H and O–H groups in total. The van der Waals surface area contributed by atoms with Crippen LogP contribution in [0.2, 0.25) is 0 Å². The molecule has 7 saturated carbocycles. The summed E-state index contributed by atoms with van der Waals surface area (Å²) in [4.78, 5) is 25.9. The maximum absolute atomic E-state index is 14.3. The van der Waals surface area contributed by atoms with Crippen LogP contribution < -0.4 is 0 Å². The SMILES string of the molecule is CC(=O)OC1CC2(C)C=CC(O)(CCC(C)CCCc3ccccc3)C3(C(O)CCC(C)(C4CCC5(CC4)CC(CC4(c6ccccc6)CCCC4)C4(CCC6(CCCC6)C4)C5)C13)C2(O)CCC1=CC(=O)OC1. The quantitative estimate of drug-likeness (QED) is 0.120. The molecule has 73 heavy (non-hydrogen) atoms. The van der Waals surface area contributed by atoms with Gasteiger partial charge >= 0.3 is 11.9 Å². The van der Waals surface area contributed by atoms with Crippen LogP contribution in [-0.4, -0.2) is 57.3 Å². The molecule has 8 aliphatic carbocycles. The zero-order valence-electron chi connectivity index (χ0n) is 45.5. The van der Waals surface area contributed by atoms with Crippen molar-refractivity contribution in [1.82, 2.24) is 0 Å². The molecule has 1 heterocycles. The van der Waals surface area contributed by atoms with E-state index in [1.165, 1.54) is 115 Å². The molecule has 11 rings (SSSR count). The van der Waals surface area contributed by atoms with Gasteiger partial charge in [-0.25, -0.2) is 4.79 Å². The fourth-order valence-corrected chi connectivity index (χ4v) is 20.6. The van der Waals surface area contributed by atoms with Crippen LogP contribution in [0, 0.1) is 56.2 Å². The number of esters is 2. The Morgan fingerprint density at radius 3 is 2.14 bits per heavy atom. The standard InChI is InChI=1S/C66H92O7/c1-47(16-15-19-49-17-7-5-8-18-49)22-34-64(70)39-36-58(3)43-54(73-48(2)67)57-59(4,31-26-55(68)66(57,64)65(58,71)35-23-50-40-56(69)72-44-50)51-24-32-61(33-25-51)41-53(63(46-61)38-37-60(45-63)27-11-12-28-60)42-62(29-13-14-30-62)52-20-9-6-10-21-52/h5-10,17-18,20-21,36,39-40,47,51,53-55,57,68,70-71H,11-16,19,22-35,37-38,41-46H2,1-4H3. The maximum Gasteiger partial charge on any atom is 0.331 e. The number of aryl methyl sites for hydroxylation is 1. The fourth-order valence-electron chi connectivity index (χ4n) is 20.6. The van der Waals surface area contributed by atoms with E-state index in [0.29, 0.717) is 47.8 Å². The van der Waals surface area contributed by atoms with E-state index in [1.807, 2.05) is 12.2 Å². The van der Waals surface area contributed by atoms with Gasteiger partial charge in [-0.3, -0.25) is 4.79 Å². The van der Waals surface area contributed by atoms with Gasteiger partial charge in [0.1, 0.15) is 12.7 Å². The van der Waals surface area contributed by atoms with Crippen LogP contribution in [0.1, 0.15) is 212 Å². The summed E-state index contributed by atoms with van der Waals surface area (Å²) in [6.07, 6.45) is 34.3. The Kier molecular flexibility index (Phi) is 13.7. The normalized spacial score (nSPS) is 41.5. The van der Waals surface area contributed by atoms with Crippen molar-refractivity contribution >= 4 is 11.9 Å². The largest absolute Gasteiger partial charge is 0.462 e. The average Bonchev–Trinajstić information content (AvgIpc) is 4.24. The lowest BCUT2D eigenvalue weighted by Gasteiger charge is -2.76. The van der Waals surface area contributed by atoms with Crippen LogP contribution in [0.25, 0.3) is 0 Å². The van der Waals surface area contributed by atoms with Gasteiger partial charge in [0.2, 0.25) is 0 Å². The van der Waals surface area contributed by atoms with E-state index in [1.54, 1.807) is 11.6 Å². The third kappa shape index (κ3) is 8.69. The summed E-state index contributed by atoms with van der Waals surface area (Å²) in [5.41, 5.74) is -0.686. The number of aliphatic hydroxyl groups is 3. The minimum atomic E-state index is -1.59. The molecule has 2 aromatic rings. The summed E-state index contributed by atoms with van der Waals surface area (Å²) in [5, 5.41) is 41.6. The Bertz CT molecular complexity index is 2370. The first-order valence-corrected chi connectivity index (χ1v) is 29.9.